The van der Waals surface area contributed by atoms with E-state index in [0.29, 0.717) is 23.7 Å². The highest BCUT2D eigenvalue weighted by atomic mass is 16.5. The zero-order chi connectivity index (χ0) is 19.8. The monoisotopic (exact) mass is 381 g/mol. The third kappa shape index (κ3) is 2.85. The van der Waals surface area contributed by atoms with Crippen molar-refractivity contribution in [3.63, 3.8) is 0 Å². The molecule has 2 aromatic rings. The largest absolute Gasteiger partial charge is 0.504 e. The maximum Gasteiger partial charge on any atom is 0.162 e. The Labute approximate surface area is 163 Å². The van der Waals surface area contributed by atoms with Crippen LogP contribution in [0.1, 0.15) is 36.3 Å². The standard InChI is InChI=1S/C22H23NO5/c1-26-18-8-7-12(9-17(18)25)21-13-10-19(27-2)20(28-3)11-15(13)23-14-5-4-6-16(24)22(14)21/h7-11,21,23,25H,4-6H2,1-3H3/t21-/m1/s1. The van der Waals surface area contributed by atoms with Gasteiger partial charge in [-0.2, -0.15) is 0 Å². The fraction of sp³-hybridized carbons (Fsp3) is 0.318. The molecular weight excluding hydrogens is 358 g/mol. The lowest BCUT2D eigenvalue weighted by Crippen LogP contribution is -2.27. The second-order valence-electron chi connectivity index (χ2n) is 6.95. The van der Waals surface area contributed by atoms with Crippen LogP contribution >= 0.6 is 0 Å². The third-order valence-electron chi connectivity index (χ3n) is 5.43. The molecule has 4 rings (SSSR count). The fourth-order valence-corrected chi connectivity index (χ4v) is 4.12. The predicted molar refractivity (Wildman–Crippen MR) is 106 cm³/mol. The van der Waals surface area contributed by atoms with E-state index in [1.807, 2.05) is 18.2 Å². The number of aromatic hydroxyl groups is 1. The van der Waals surface area contributed by atoms with E-state index in [-0.39, 0.29) is 17.5 Å². The lowest BCUT2D eigenvalue weighted by atomic mass is 9.75. The van der Waals surface area contributed by atoms with E-state index in [0.717, 1.165) is 40.9 Å². The van der Waals surface area contributed by atoms with Crippen LogP contribution in [-0.4, -0.2) is 32.2 Å². The number of phenolic OH excluding ortho intramolecular Hbond substituents is 1. The minimum atomic E-state index is -0.296. The number of fused-ring (bicyclic) bond motifs is 1. The molecule has 28 heavy (non-hydrogen) atoms. The molecule has 146 valence electrons. The minimum Gasteiger partial charge on any atom is -0.504 e. The fourth-order valence-electron chi connectivity index (χ4n) is 4.12. The Bertz CT molecular complexity index is 979. The van der Waals surface area contributed by atoms with Crippen LogP contribution in [0.4, 0.5) is 5.69 Å². The van der Waals surface area contributed by atoms with Crippen LogP contribution in [-0.2, 0) is 4.79 Å². The smallest absolute Gasteiger partial charge is 0.162 e. The van der Waals surface area contributed by atoms with Gasteiger partial charge in [0.2, 0.25) is 0 Å². The molecule has 2 aromatic carbocycles. The number of hydrogen-bond donors (Lipinski definition) is 2. The molecule has 0 unspecified atom stereocenters. The molecule has 1 heterocycles. The van der Waals surface area contributed by atoms with Crippen LogP contribution in [0.15, 0.2) is 41.6 Å². The Morgan fingerprint density at radius 2 is 1.68 bits per heavy atom. The molecular formula is C22H23NO5. The van der Waals surface area contributed by atoms with E-state index in [9.17, 15) is 9.90 Å². The molecule has 0 radical (unpaired) electrons. The number of ketones is 1. The average Bonchev–Trinajstić information content (AvgIpc) is 2.71. The topological polar surface area (TPSA) is 77.0 Å². The summed E-state index contributed by atoms with van der Waals surface area (Å²) in [4.78, 5) is 12.9. The first-order valence-electron chi connectivity index (χ1n) is 9.23. The van der Waals surface area contributed by atoms with E-state index in [4.69, 9.17) is 14.2 Å². The highest BCUT2D eigenvalue weighted by Gasteiger charge is 2.36. The van der Waals surface area contributed by atoms with Crippen molar-refractivity contribution in [3.05, 3.63) is 52.7 Å². The molecule has 1 aliphatic heterocycles. The number of carbonyl (C=O) groups excluding carboxylic acids is 1. The Balaban J connectivity index is 1.94. The van der Waals surface area contributed by atoms with E-state index >= 15 is 0 Å². The number of anilines is 1. The summed E-state index contributed by atoms with van der Waals surface area (Å²) in [5.41, 5.74) is 4.32. The summed E-state index contributed by atoms with van der Waals surface area (Å²) in [6, 6.07) is 9.08. The van der Waals surface area contributed by atoms with Gasteiger partial charge < -0.3 is 24.6 Å². The summed E-state index contributed by atoms with van der Waals surface area (Å²) in [5, 5.41) is 13.8. The SMILES string of the molecule is COc1ccc([C@H]2C3=C(CCCC3=O)Nc3cc(OC)c(OC)cc32)cc1O. The van der Waals surface area contributed by atoms with Gasteiger partial charge in [0.25, 0.3) is 0 Å². The normalized spacial score (nSPS) is 18.1. The van der Waals surface area contributed by atoms with Crippen LogP contribution in [0.25, 0.3) is 0 Å². The number of rotatable bonds is 4. The highest BCUT2D eigenvalue weighted by Crippen LogP contribution is 2.49. The number of benzene rings is 2. The molecule has 0 aromatic heterocycles. The van der Waals surface area contributed by atoms with Crippen LogP contribution in [0.2, 0.25) is 0 Å². The molecule has 2 aliphatic rings. The summed E-state index contributed by atoms with van der Waals surface area (Å²) in [6.45, 7) is 0. The molecule has 2 N–H and O–H groups in total. The van der Waals surface area contributed by atoms with Crippen LogP contribution in [0.5, 0.6) is 23.0 Å². The molecule has 0 saturated heterocycles. The van der Waals surface area contributed by atoms with Gasteiger partial charge in [-0.3, -0.25) is 4.79 Å². The van der Waals surface area contributed by atoms with E-state index in [1.165, 1.54) is 7.11 Å². The van der Waals surface area contributed by atoms with Crippen molar-refractivity contribution in [2.24, 2.45) is 0 Å². The zero-order valence-corrected chi connectivity index (χ0v) is 16.2. The highest BCUT2D eigenvalue weighted by molar-refractivity contribution is 6.01. The number of hydrogen-bond acceptors (Lipinski definition) is 6. The number of Topliss-reactive ketones (excluding diaryl/α,β-unsaturated/α-hetero) is 1. The molecule has 0 spiro atoms. The van der Waals surface area contributed by atoms with Gasteiger partial charge in [0.05, 0.1) is 21.3 Å². The van der Waals surface area contributed by atoms with Crippen LogP contribution < -0.4 is 19.5 Å². The summed E-state index contributed by atoms with van der Waals surface area (Å²) < 4.78 is 16.1. The average molecular weight is 381 g/mol. The van der Waals surface area contributed by atoms with Crippen molar-refractivity contribution >= 4 is 11.5 Å². The van der Waals surface area contributed by atoms with Crippen molar-refractivity contribution in [2.75, 3.05) is 26.6 Å². The van der Waals surface area contributed by atoms with Crippen molar-refractivity contribution in [1.29, 1.82) is 0 Å². The predicted octanol–water partition coefficient (Wildman–Crippen LogP) is 3.98. The number of allylic oxidation sites excluding steroid dienone is 2. The number of methoxy groups -OCH3 is 3. The summed E-state index contributed by atoms with van der Waals surface area (Å²) >= 11 is 0. The van der Waals surface area contributed by atoms with Crippen molar-refractivity contribution in [3.8, 4) is 23.0 Å². The van der Waals surface area contributed by atoms with Gasteiger partial charge in [0.15, 0.2) is 28.8 Å². The summed E-state index contributed by atoms with van der Waals surface area (Å²) in [5.74, 6) is 1.50. The molecule has 6 nitrogen and oxygen atoms in total. The lowest BCUT2D eigenvalue weighted by molar-refractivity contribution is -0.116. The first-order chi connectivity index (χ1) is 13.6. The molecule has 1 atom stereocenters. The summed E-state index contributed by atoms with van der Waals surface area (Å²) in [7, 11) is 4.70. The van der Waals surface area contributed by atoms with Gasteiger partial charge in [-0.25, -0.2) is 0 Å². The minimum absolute atomic E-state index is 0.0472. The molecule has 0 fully saturated rings. The van der Waals surface area contributed by atoms with Gasteiger partial charge in [0.1, 0.15) is 0 Å². The molecule has 0 saturated carbocycles. The zero-order valence-electron chi connectivity index (χ0n) is 16.2. The molecule has 6 heteroatoms. The van der Waals surface area contributed by atoms with E-state index < -0.39 is 0 Å². The number of ether oxygens (including phenoxy) is 3. The van der Waals surface area contributed by atoms with E-state index in [1.54, 1.807) is 26.4 Å². The van der Waals surface area contributed by atoms with Crippen LogP contribution in [0, 0.1) is 0 Å². The maximum absolute atomic E-state index is 12.9. The second-order valence-corrected chi connectivity index (χ2v) is 6.95. The van der Waals surface area contributed by atoms with Crippen molar-refractivity contribution in [2.45, 2.75) is 25.2 Å². The molecule has 1 aliphatic carbocycles. The Morgan fingerprint density at radius 3 is 2.36 bits per heavy atom. The second kappa shape index (κ2) is 7.11. The maximum atomic E-state index is 12.9. The number of carbonyl (C=O) groups is 1. The molecule has 0 bridgehead atoms. The summed E-state index contributed by atoms with van der Waals surface area (Å²) in [6.07, 6.45) is 2.17. The van der Waals surface area contributed by atoms with Crippen molar-refractivity contribution in [1.82, 2.24) is 0 Å². The third-order valence-corrected chi connectivity index (χ3v) is 5.43. The molecule has 0 amide bonds. The van der Waals surface area contributed by atoms with Gasteiger partial charge >= 0.3 is 0 Å². The Hall–Kier alpha value is -3.15. The Kier molecular flexibility index (Phi) is 4.63. The van der Waals surface area contributed by atoms with Gasteiger partial charge in [-0.1, -0.05) is 6.07 Å². The van der Waals surface area contributed by atoms with E-state index in [2.05, 4.69) is 5.32 Å². The lowest BCUT2D eigenvalue weighted by Gasteiger charge is -2.34. The van der Waals surface area contributed by atoms with Gasteiger partial charge in [0, 0.05) is 35.4 Å². The van der Waals surface area contributed by atoms with Gasteiger partial charge in [-0.05, 0) is 42.2 Å². The number of nitrogens with one attached hydrogen (secondary N) is 1. The number of phenols is 1. The quantitative estimate of drug-likeness (QED) is 0.834. The van der Waals surface area contributed by atoms with Gasteiger partial charge in [-0.15, -0.1) is 0 Å². The first-order valence-corrected chi connectivity index (χ1v) is 9.23. The Morgan fingerprint density at radius 1 is 0.964 bits per heavy atom. The van der Waals surface area contributed by atoms with Crippen molar-refractivity contribution < 1.29 is 24.1 Å². The van der Waals surface area contributed by atoms with Crippen LogP contribution in [0.3, 0.4) is 0 Å². The first kappa shape index (κ1) is 18.2.